The SMILES string of the molecule is CCCCCCCCCCCCCCCCCCCCCCCCCC(=O)OCC(COC(=O)CCCCCCCCCCCCCCCCC)OC(=O)CCCCCCCCCCCCCCCCCCCCCCCCC. The van der Waals surface area contributed by atoms with Gasteiger partial charge in [0.15, 0.2) is 6.10 Å². The van der Waals surface area contributed by atoms with Crippen LogP contribution in [0.25, 0.3) is 0 Å². The second kappa shape index (κ2) is 68.9. The zero-order valence-corrected chi connectivity index (χ0v) is 54.2. The lowest BCUT2D eigenvalue weighted by molar-refractivity contribution is -0.167. The highest BCUT2D eigenvalue weighted by atomic mass is 16.6. The predicted molar refractivity (Wildman–Crippen MR) is 344 cm³/mol. The van der Waals surface area contributed by atoms with E-state index in [2.05, 4.69) is 20.8 Å². The molecule has 1 atom stereocenters. The summed E-state index contributed by atoms with van der Waals surface area (Å²) in [7, 11) is 0. The third kappa shape index (κ3) is 67.1. The lowest BCUT2D eigenvalue weighted by atomic mass is 10.0. The Morgan fingerprint density at radius 3 is 0.506 bits per heavy atom. The summed E-state index contributed by atoms with van der Waals surface area (Å²) in [4.78, 5) is 38.5. The summed E-state index contributed by atoms with van der Waals surface area (Å²) in [6.07, 6.45) is 81.4. The zero-order chi connectivity index (χ0) is 57.1. The Morgan fingerprint density at radius 1 is 0.203 bits per heavy atom. The van der Waals surface area contributed by atoms with Gasteiger partial charge >= 0.3 is 17.9 Å². The monoisotopic (exact) mass is 1120 g/mol. The summed E-state index contributed by atoms with van der Waals surface area (Å²) in [5.41, 5.74) is 0. The largest absolute Gasteiger partial charge is 0.462 e. The van der Waals surface area contributed by atoms with E-state index in [1.54, 1.807) is 0 Å². The van der Waals surface area contributed by atoms with Crippen molar-refractivity contribution in [3.05, 3.63) is 0 Å². The molecule has 1 unspecified atom stereocenters. The van der Waals surface area contributed by atoms with Crippen LogP contribution in [-0.4, -0.2) is 37.2 Å². The van der Waals surface area contributed by atoms with Gasteiger partial charge in [0.05, 0.1) is 0 Å². The lowest BCUT2D eigenvalue weighted by Crippen LogP contribution is -2.30. The molecule has 0 saturated carbocycles. The van der Waals surface area contributed by atoms with Crippen LogP contribution >= 0.6 is 0 Å². The van der Waals surface area contributed by atoms with Gasteiger partial charge in [0, 0.05) is 19.3 Å². The number of rotatable bonds is 69. The molecule has 0 amide bonds. The van der Waals surface area contributed by atoms with Gasteiger partial charge in [0.25, 0.3) is 0 Å². The molecule has 0 heterocycles. The molecule has 0 rings (SSSR count). The Hall–Kier alpha value is -1.59. The molecule has 0 N–H and O–H groups in total. The molecule has 6 heteroatoms. The summed E-state index contributed by atoms with van der Waals surface area (Å²) in [5.74, 6) is -0.816. The van der Waals surface area contributed by atoms with E-state index >= 15 is 0 Å². The first-order valence-corrected chi connectivity index (χ1v) is 36.5. The fourth-order valence-corrected chi connectivity index (χ4v) is 11.6. The quantitative estimate of drug-likeness (QED) is 0.0343. The Bertz CT molecular complexity index is 1190. The third-order valence-corrected chi connectivity index (χ3v) is 17.1. The highest BCUT2D eigenvalue weighted by Crippen LogP contribution is 2.20. The summed E-state index contributed by atoms with van der Waals surface area (Å²) >= 11 is 0. The van der Waals surface area contributed by atoms with E-state index in [9.17, 15) is 14.4 Å². The molecule has 0 saturated heterocycles. The summed E-state index contributed by atoms with van der Waals surface area (Å²) in [5, 5.41) is 0. The van der Waals surface area contributed by atoms with Gasteiger partial charge < -0.3 is 14.2 Å². The number of hydrogen-bond donors (Lipinski definition) is 0. The molecule has 0 spiro atoms. The first-order chi connectivity index (χ1) is 39.0. The van der Waals surface area contributed by atoms with Crippen molar-refractivity contribution in [2.45, 2.75) is 438 Å². The van der Waals surface area contributed by atoms with Crippen LogP contribution in [0.1, 0.15) is 432 Å². The maximum Gasteiger partial charge on any atom is 0.306 e. The molecule has 79 heavy (non-hydrogen) atoms. The maximum atomic E-state index is 13.0. The van der Waals surface area contributed by atoms with Crippen LogP contribution in [0.5, 0.6) is 0 Å². The Morgan fingerprint density at radius 2 is 0.342 bits per heavy atom. The molecule has 0 aromatic carbocycles. The van der Waals surface area contributed by atoms with Crippen LogP contribution in [0.3, 0.4) is 0 Å². The van der Waals surface area contributed by atoms with Crippen LogP contribution in [0.15, 0.2) is 0 Å². The van der Waals surface area contributed by atoms with Crippen molar-refractivity contribution in [2.75, 3.05) is 13.2 Å². The van der Waals surface area contributed by atoms with Crippen molar-refractivity contribution < 1.29 is 28.6 Å². The molecule has 0 radical (unpaired) electrons. The number of unbranched alkanes of at least 4 members (excludes halogenated alkanes) is 58. The van der Waals surface area contributed by atoms with Crippen LogP contribution < -0.4 is 0 Å². The van der Waals surface area contributed by atoms with Crippen molar-refractivity contribution in [2.24, 2.45) is 0 Å². The highest BCUT2D eigenvalue weighted by molar-refractivity contribution is 5.71. The molecule has 0 aliphatic rings. The van der Waals surface area contributed by atoms with E-state index in [1.807, 2.05) is 0 Å². The van der Waals surface area contributed by atoms with Gasteiger partial charge in [-0.1, -0.05) is 393 Å². The first-order valence-electron chi connectivity index (χ1n) is 36.5. The van der Waals surface area contributed by atoms with Gasteiger partial charge in [-0.15, -0.1) is 0 Å². The molecule has 0 bridgehead atoms. The first kappa shape index (κ1) is 77.4. The van der Waals surface area contributed by atoms with Crippen molar-refractivity contribution >= 4 is 17.9 Å². The van der Waals surface area contributed by atoms with E-state index in [1.165, 1.54) is 334 Å². The molecule has 6 nitrogen and oxygen atoms in total. The average molecular weight is 1120 g/mol. The van der Waals surface area contributed by atoms with Crippen LogP contribution in [-0.2, 0) is 28.6 Å². The third-order valence-electron chi connectivity index (χ3n) is 17.1. The van der Waals surface area contributed by atoms with Crippen LogP contribution in [0, 0.1) is 0 Å². The second-order valence-electron chi connectivity index (χ2n) is 25.2. The fraction of sp³-hybridized carbons (Fsp3) is 0.959. The van der Waals surface area contributed by atoms with E-state index in [0.29, 0.717) is 19.3 Å². The van der Waals surface area contributed by atoms with Gasteiger partial charge in [0.2, 0.25) is 0 Å². The van der Waals surface area contributed by atoms with Crippen molar-refractivity contribution in [3.8, 4) is 0 Å². The van der Waals surface area contributed by atoms with E-state index < -0.39 is 6.10 Å². The molecule has 0 aliphatic carbocycles. The van der Waals surface area contributed by atoms with Crippen molar-refractivity contribution in [1.29, 1.82) is 0 Å². The Balaban J connectivity index is 4.22. The van der Waals surface area contributed by atoms with E-state index in [0.717, 1.165) is 57.8 Å². The summed E-state index contributed by atoms with van der Waals surface area (Å²) in [6.45, 7) is 6.75. The van der Waals surface area contributed by atoms with Gasteiger partial charge in [-0.2, -0.15) is 0 Å². The fourth-order valence-electron chi connectivity index (χ4n) is 11.6. The molecule has 0 fully saturated rings. The maximum absolute atomic E-state index is 13.0. The van der Waals surface area contributed by atoms with Gasteiger partial charge in [-0.25, -0.2) is 0 Å². The van der Waals surface area contributed by atoms with E-state index in [4.69, 9.17) is 14.2 Å². The van der Waals surface area contributed by atoms with Crippen molar-refractivity contribution in [1.82, 2.24) is 0 Å². The number of carbonyl (C=O) groups excluding carboxylic acids is 3. The topological polar surface area (TPSA) is 78.9 Å². The molecular weight excluding hydrogens is 973 g/mol. The molecule has 0 aliphatic heterocycles. The Kier molecular flexibility index (Phi) is 67.5. The normalized spacial score (nSPS) is 11.9. The summed E-state index contributed by atoms with van der Waals surface area (Å²) < 4.78 is 17.0. The number of hydrogen-bond acceptors (Lipinski definition) is 6. The molecule has 0 aromatic rings. The lowest BCUT2D eigenvalue weighted by Gasteiger charge is -2.18. The molecular formula is C73H142O6. The minimum atomic E-state index is -0.764. The van der Waals surface area contributed by atoms with Gasteiger partial charge in [-0.05, 0) is 19.3 Å². The second-order valence-corrected chi connectivity index (χ2v) is 25.2. The van der Waals surface area contributed by atoms with Gasteiger partial charge in [-0.3, -0.25) is 14.4 Å². The van der Waals surface area contributed by atoms with Gasteiger partial charge in [0.1, 0.15) is 13.2 Å². The standard InChI is InChI=1S/C73H142O6/c1-4-7-10-13-16-19-22-25-28-30-32-34-36-38-40-42-45-48-51-54-57-60-63-66-72(75)78-69-70(68-77-71(74)65-62-59-56-53-50-47-44-27-24-21-18-15-12-9-6-3)79-73(76)67-64-61-58-55-52-49-46-43-41-39-37-35-33-31-29-26-23-20-17-14-11-8-5-2/h70H,4-69H2,1-3H3. The minimum absolute atomic E-state index is 0.0600. The van der Waals surface area contributed by atoms with Crippen molar-refractivity contribution in [3.63, 3.8) is 0 Å². The number of carbonyl (C=O) groups is 3. The summed E-state index contributed by atoms with van der Waals surface area (Å²) in [6, 6.07) is 0. The number of esters is 3. The smallest absolute Gasteiger partial charge is 0.306 e. The Labute approximate surface area is 495 Å². The highest BCUT2D eigenvalue weighted by Gasteiger charge is 2.20. The van der Waals surface area contributed by atoms with Crippen LogP contribution in [0.2, 0.25) is 0 Å². The van der Waals surface area contributed by atoms with E-state index in [-0.39, 0.29) is 31.1 Å². The predicted octanol–water partition coefficient (Wildman–Crippen LogP) is 25.0. The molecule has 0 aromatic heterocycles. The average Bonchev–Trinajstić information content (AvgIpc) is 3.45. The molecule has 470 valence electrons. The number of ether oxygens (including phenoxy) is 3. The minimum Gasteiger partial charge on any atom is -0.462 e. The zero-order valence-electron chi connectivity index (χ0n) is 54.2. The van der Waals surface area contributed by atoms with Crippen LogP contribution in [0.4, 0.5) is 0 Å².